The Labute approximate surface area is 246 Å². The molecule has 2 aromatic heterocycles. The molecule has 0 radical (unpaired) electrons. The molecule has 7 rings (SSSR count). The first-order chi connectivity index (χ1) is 20.2. The van der Waals surface area contributed by atoms with Crippen LogP contribution in [0.2, 0.25) is 0 Å². The molecule has 3 aliphatic rings. The summed E-state index contributed by atoms with van der Waals surface area (Å²) >= 11 is 0. The van der Waals surface area contributed by atoms with Gasteiger partial charge in [-0.15, -0.1) is 15.9 Å². The lowest BCUT2D eigenvalue weighted by Gasteiger charge is -2.42. The van der Waals surface area contributed by atoms with Gasteiger partial charge in [-0.2, -0.15) is 4.31 Å². The van der Waals surface area contributed by atoms with Gasteiger partial charge in [-0.3, -0.25) is 13.9 Å². The Morgan fingerprint density at radius 3 is 2.71 bits per heavy atom. The van der Waals surface area contributed by atoms with E-state index in [1.165, 1.54) is 0 Å². The number of carbonyl (C=O) groups is 1. The third-order valence-corrected chi connectivity index (χ3v) is 11.1. The number of rotatable bonds is 7. The first-order valence-corrected chi connectivity index (χ1v) is 16.1. The molecule has 11 heteroatoms. The monoisotopic (exact) mass is 588 g/mol. The molecule has 4 heterocycles. The van der Waals surface area contributed by atoms with Crippen LogP contribution in [0, 0.1) is 13.8 Å². The summed E-state index contributed by atoms with van der Waals surface area (Å²) in [6, 6.07) is 14.2. The standard InChI is InChI=1S/C31H36N6O4S/c1-19-7-8-21(26(16-29(38)39)25-11-12-27-30(20(25)2)33-34-37(27)23-9-10-23)15-22(19)17-35-18-24-5-4-14-36(24)31-28(42(35,40)41)6-3-13-32-31/h3,6-8,11-13,15,23-24,26,40-41H,4-5,9-10,14,16-18H2,1-2H3,(H,38,39)/t24-,26?/m1/s1. The minimum atomic E-state index is -3.29. The van der Waals surface area contributed by atoms with Gasteiger partial charge in [0.25, 0.3) is 0 Å². The van der Waals surface area contributed by atoms with Gasteiger partial charge in [0.15, 0.2) is 5.82 Å². The lowest BCUT2D eigenvalue weighted by Crippen LogP contribution is -2.38. The normalized spacial score (nSPS) is 21.5. The molecular weight excluding hydrogens is 552 g/mol. The molecule has 3 N–H and O–H groups in total. The maximum atomic E-state index is 12.1. The molecule has 0 bridgehead atoms. The van der Waals surface area contributed by atoms with Crippen molar-refractivity contribution >= 4 is 33.6 Å². The van der Waals surface area contributed by atoms with Crippen LogP contribution >= 0.6 is 10.8 Å². The SMILES string of the molecule is Cc1ccc(C(CC(=O)O)c2ccc3c(nnn3C3CC3)c2C)cc1CN1C[C@H]2CCCN2c2ncccc2S1(O)O. The van der Waals surface area contributed by atoms with Gasteiger partial charge in [0.1, 0.15) is 10.4 Å². The highest BCUT2D eigenvalue weighted by Gasteiger charge is 2.40. The third-order valence-electron chi connectivity index (χ3n) is 9.18. The highest BCUT2D eigenvalue weighted by atomic mass is 32.3. The van der Waals surface area contributed by atoms with Gasteiger partial charge in [0.2, 0.25) is 0 Å². The van der Waals surface area contributed by atoms with Gasteiger partial charge in [0.05, 0.1) is 18.0 Å². The van der Waals surface area contributed by atoms with E-state index >= 15 is 0 Å². The molecule has 42 heavy (non-hydrogen) atoms. The van der Waals surface area contributed by atoms with E-state index in [1.807, 2.05) is 48.9 Å². The summed E-state index contributed by atoms with van der Waals surface area (Å²) in [5.74, 6) is -0.605. The van der Waals surface area contributed by atoms with Crippen molar-refractivity contribution in [2.24, 2.45) is 0 Å². The fourth-order valence-electron chi connectivity index (χ4n) is 6.72. The summed E-state index contributed by atoms with van der Waals surface area (Å²) in [4.78, 5) is 19.4. The Bertz CT molecular complexity index is 1690. The zero-order valence-corrected chi connectivity index (χ0v) is 24.7. The Kier molecular flexibility index (Phi) is 6.73. The number of carboxylic acids is 1. The van der Waals surface area contributed by atoms with Gasteiger partial charge in [0, 0.05) is 37.8 Å². The highest BCUT2D eigenvalue weighted by molar-refractivity contribution is 8.22. The summed E-state index contributed by atoms with van der Waals surface area (Å²) < 4.78 is 27.1. The number of carboxylic acid groups (broad SMARTS) is 1. The van der Waals surface area contributed by atoms with Crippen molar-refractivity contribution in [3.63, 3.8) is 0 Å². The van der Waals surface area contributed by atoms with Gasteiger partial charge >= 0.3 is 5.97 Å². The van der Waals surface area contributed by atoms with Gasteiger partial charge < -0.3 is 10.0 Å². The van der Waals surface area contributed by atoms with Crippen molar-refractivity contribution in [2.45, 2.75) is 75.4 Å². The number of hydrogen-bond donors (Lipinski definition) is 3. The minimum Gasteiger partial charge on any atom is -0.481 e. The van der Waals surface area contributed by atoms with E-state index in [4.69, 9.17) is 0 Å². The third kappa shape index (κ3) is 4.64. The number of aryl methyl sites for hydroxylation is 2. The Morgan fingerprint density at radius 1 is 1.10 bits per heavy atom. The Hall–Kier alpha value is -3.51. The summed E-state index contributed by atoms with van der Waals surface area (Å²) in [6.07, 6.45) is 5.86. The van der Waals surface area contributed by atoms with Crippen LogP contribution in [0.1, 0.15) is 71.9 Å². The lowest BCUT2D eigenvalue weighted by atomic mass is 9.84. The van der Waals surface area contributed by atoms with E-state index < -0.39 is 22.7 Å². The van der Waals surface area contributed by atoms with E-state index in [1.54, 1.807) is 22.6 Å². The van der Waals surface area contributed by atoms with Gasteiger partial charge in [-0.1, -0.05) is 29.5 Å². The molecule has 1 saturated heterocycles. The maximum Gasteiger partial charge on any atom is 0.304 e. The fraction of sp³-hybridized carbons (Fsp3) is 0.419. The predicted octanol–water partition coefficient (Wildman–Crippen LogP) is 5.89. The van der Waals surface area contributed by atoms with Crippen molar-refractivity contribution in [3.8, 4) is 0 Å². The first-order valence-electron chi connectivity index (χ1n) is 14.6. The number of aliphatic carboxylic acids is 1. The van der Waals surface area contributed by atoms with Crippen LogP contribution in [0.4, 0.5) is 5.82 Å². The fourth-order valence-corrected chi connectivity index (χ4v) is 8.37. The summed E-state index contributed by atoms with van der Waals surface area (Å²) in [5.41, 5.74) is 6.50. The molecule has 2 atom stereocenters. The number of fused-ring (bicyclic) bond motifs is 4. The molecule has 2 aliphatic heterocycles. The molecule has 0 amide bonds. The molecular formula is C31H36N6O4S. The topological polar surface area (TPSA) is 128 Å². The van der Waals surface area contributed by atoms with Crippen LogP contribution in [-0.2, 0) is 11.3 Å². The van der Waals surface area contributed by atoms with Crippen LogP contribution in [0.15, 0.2) is 53.6 Å². The number of hydrogen-bond acceptors (Lipinski definition) is 8. The predicted molar refractivity (Wildman–Crippen MR) is 162 cm³/mol. The van der Waals surface area contributed by atoms with E-state index in [0.29, 0.717) is 29.8 Å². The van der Waals surface area contributed by atoms with Gasteiger partial charge in [-0.05, 0) is 85.5 Å². The van der Waals surface area contributed by atoms with E-state index in [-0.39, 0.29) is 12.5 Å². The Balaban J connectivity index is 1.26. The number of benzene rings is 2. The van der Waals surface area contributed by atoms with Crippen molar-refractivity contribution in [2.75, 3.05) is 18.0 Å². The number of aromatic nitrogens is 4. The Morgan fingerprint density at radius 2 is 1.93 bits per heavy atom. The van der Waals surface area contributed by atoms with Crippen LogP contribution in [0.5, 0.6) is 0 Å². The second-order valence-corrected chi connectivity index (χ2v) is 13.9. The molecule has 1 unspecified atom stereocenters. The van der Waals surface area contributed by atoms with Crippen molar-refractivity contribution in [1.29, 1.82) is 0 Å². The van der Waals surface area contributed by atoms with E-state index in [0.717, 1.165) is 71.1 Å². The highest BCUT2D eigenvalue weighted by Crippen LogP contribution is 2.58. The molecule has 1 saturated carbocycles. The molecule has 4 aromatic rings. The second-order valence-electron chi connectivity index (χ2n) is 11.9. The van der Waals surface area contributed by atoms with E-state index in [9.17, 15) is 19.0 Å². The number of pyridine rings is 1. The van der Waals surface area contributed by atoms with Crippen LogP contribution in [0.25, 0.3) is 11.0 Å². The van der Waals surface area contributed by atoms with Crippen LogP contribution < -0.4 is 4.90 Å². The van der Waals surface area contributed by atoms with Gasteiger partial charge in [-0.25, -0.2) is 9.67 Å². The van der Waals surface area contributed by atoms with Crippen molar-refractivity contribution < 1.29 is 19.0 Å². The van der Waals surface area contributed by atoms with Crippen LogP contribution in [-0.4, -0.2) is 63.6 Å². The van der Waals surface area contributed by atoms with Crippen LogP contribution in [0.3, 0.4) is 0 Å². The smallest absolute Gasteiger partial charge is 0.304 e. The molecule has 2 aromatic carbocycles. The average Bonchev–Trinajstić information content (AvgIpc) is 3.56. The molecule has 2 fully saturated rings. The average molecular weight is 589 g/mol. The summed E-state index contributed by atoms with van der Waals surface area (Å²) in [6.45, 7) is 5.70. The molecule has 0 spiro atoms. The first kappa shape index (κ1) is 27.3. The number of nitrogens with zero attached hydrogens (tertiary/aromatic N) is 6. The van der Waals surface area contributed by atoms with E-state index in [2.05, 4.69) is 20.2 Å². The lowest BCUT2D eigenvalue weighted by molar-refractivity contribution is -0.137. The maximum absolute atomic E-state index is 12.1. The number of anilines is 1. The zero-order valence-electron chi connectivity index (χ0n) is 23.8. The second kappa shape index (κ2) is 10.3. The molecule has 10 nitrogen and oxygen atoms in total. The zero-order chi connectivity index (χ0) is 29.2. The largest absolute Gasteiger partial charge is 0.481 e. The van der Waals surface area contributed by atoms with Crippen molar-refractivity contribution in [3.05, 3.63) is 76.5 Å². The molecule has 220 valence electrons. The van der Waals surface area contributed by atoms with Crippen molar-refractivity contribution in [1.82, 2.24) is 24.3 Å². The summed E-state index contributed by atoms with van der Waals surface area (Å²) in [5, 5.41) is 18.8. The summed E-state index contributed by atoms with van der Waals surface area (Å²) in [7, 11) is -3.29. The minimum absolute atomic E-state index is 0.0689. The quantitative estimate of drug-likeness (QED) is 0.242. The molecule has 1 aliphatic carbocycles.